The zero-order chi connectivity index (χ0) is 10.8. The molecular formula is C11H19NO3. The molecular weight excluding hydrogens is 194 g/mol. The summed E-state index contributed by atoms with van der Waals surface area (Å²) >= 11 is 0. The van der Waals surface area contributed by atoms with E-state index in [9.17, 15) is 4.79 Å². The molecule has 0 aromatic heterocycles. The Morgan fingerprint density at radius 2 is 2.20 bits per heavy atom. The summed E-state index contributed by atoms with van der Waals surface area (Å²) in [5.74, 6) is -1.03. The standard InChI is InChI=1S/C11H19NO3/c1-2-5-12(8-3-4-8)10-7-15-6-9(10)11(13)14/h8-10H,2-7H2,1H3,(H,13,14). The average Bonchev–Trinajstić information content (AvgIpc) is 2.91. The van der Waals surface area contributed by atoms with Gasteiger partial charge in [-0.15, -0.1) is 0 Å². The van der Waals surface area contributed by atoms with Crippen molar-refractivity contribution in [3.63, 3.8) is 0 Å². The van der Waals surface area contributed by atoms with Gasteiger partial charge in [-0.2, -0.15) is 0 Å². The Morgan fingerprint density at radius 3 is 2.73 bits per heavy atom. The van der Waals surface area contributed by atoms with Gasteiger partial charge in [-0.25, -0.2) is 0 Å². The topological polar surface area (TPSA) is 49.8 Å². The van der Waals surface area contributed by atoms with Gasteiger partial charge in [0.2, 0.25) is 0 Å². The Hall–Kier alpha value is -0.610. The monoisotopic (exact) mass is 213 g/mol. The number of nitrogens with zero attached hydrogens (tertiary/aromatic N) is 1. The van der Waals surface area contributed by atoms with Crippen molar-refractivity contribution in [2.24, 2.45) is 5.92 Å². The van der Waals surface area contributed by atoms with Crippen molar-refractivity contribution in [3.05, 3.63) is 0 Å². The smallest absolute Gasteiger partial charge is 0.310 e. The summed E-state index contributed by atoms with van der Waals surface area (Å²) < 4.78 is 5.31. The maximum absolute atomic E-state index is 11.1. The van der Waals surface area contributed by atoms with Crippen molar-refractivity contribution < 1.29 is 14.6 Å². The number of carboxylic acids is 1. The molecule has 2 unspecified atom stereocenters. The van der Waals surface area contributed by atoms with Crippen LogP contribution < -0.4 is 0 Å². The second-order valence-electron chi connectivity index (χ2n) is 4.52. The first-order valence-electron chi connectivity index (χ1n) is 5.80. The van der Waals surface area contributed by atoms with Crippen molar-refractivity contribution in [2.45, 2.75) is 38.3 Å². The van der Waals surface area contributed by atoms with Crippen molar-refractivity contribution in [1.29, 1.82) is 0 Å². The van der Waals surface area contributed by atoms with E-state index in [1.54, 1.807) is 0 Å². The summed E-state index contributed by atoms with van der Waals surface area (Å²) in [5.41, 5.74) is 0. The summed E-state index contributed by atoms with van der Waals surface area (Å²) in [4.78, 5) is 13.4. The summed E-state index contributed by atoms with van der Waals surface area (Å²) in [7, 11) is 0. The molecule has 4 nitrogen and oxygen atoms in total. The first-order chi connectivity index (χ1) is 7.24. The molecule has 0 bridgehead atoms. The molecule has 2 atom stereocenters. The normalized spacial score (nSPS) is 31.1. The molecule has 15 heavy (non-hydrogen) atoms. The van der Waals surface area contributed by atoms with Crippen LogP contribution in [0.3, 0.4) is 0 Å². The van der Waals surface area contributed by atoms with Gasteiger partial charge in [0.25, 0.3) is 0 Å². The Bertz CT molecular complexity index is 240. The Morgan fingerprint density at radius 1 is 1.47 bits per heavy atom. The molecule has 0 amide bonds. The number of ether oxygens (including phenoxy) is 1. The molecule has 4 heteroatoms. The summed E-state index contributed by atoms with van der Waals surface area (Å²) in [5, 5.41) is 9.10. The van der Waals surface area contributed by atoms with Gasteiger partial charge in [-0.3, -0.25) is 9.69 Å². The zero-order valence-corrected chi connectivity index (χ0v) is 9.19. The lowest BCUT2D eigenvalue weighted by Crippen LogP contribution is -2.44. The Balaban J connectivity index is 2.01. The number of hydrogen-bond acceptors (Lipinski definition) is 3. The van der Waals surface area contributed by atoms with Gasteiger partial charge in [0.05, 0.1) is 19.1 Å². The lowest BCUT2D eigenvalue weighted by Gasteiger charge is -2.29. The fourth-order valence-electron chi connectivity index (χ4n) is 2.39. The number of hydrogen-bond donors (Lipinski definition) is 1. The van der Waals surface area contributed by atoms with Gasteiger partial charge in [0.15, 0.2) is 0 Å². The number of carboxylic acid groups (broad SMARTS) is 1. The molecule has 2 rings (SSSR count). The molecule has 1 heterocycles. The van der Waals surface area contributed by atoms with Crippen LogP contribution in [0, 0.1) is 5.92 Å². The highest BCUT2D eigenvalue weighted by molar-refractivity contribution is 5.71. The Kier molecular flexibility index (Phi) is 3.26. The van der Waals surface area contributed by atoms with Crippen LogP contribution in [0.25, 0.3) is 0 Å². The predicted molar refractivity (Wildman–Crippen MR) is 55.8 cm³/mol. The van der Waals surface area contributed by atoms with Gasteiger partial charge >= 0.3 is 5.97 Å². The first kappa shape index (κ1) is 10.9. The van der Waals surface area contributed by atoms with E-state index >= 15 is 0 Å². The van der Waals surface area contributed by atoms with Crippen LogP contribution in [-0.4, -0.2) is 47.8 Å². The van der Waals surface area contributed by atoms with E-state index < -0.39 is 5.97 Å². The van der Waals surface area contributed by atoms with E-state index in [1.807, 2.05) is 0 Å². The molecule has 2 aliphatic rings. The van der Waals surface area contributed by atoms with Crippen molar-refractivity contribution in [3.8, 4) is 0 Å². The van der Waals surface area contributed by atoms with Crippen LogP contribution in [0.5, 0.6) is 0 Å². The third-order valence-electron chi connectivity index (χ3n) is 3.29. The maximum atomic E-state index is 11.1. The second-order valence-corrected chi connectivity index (χ2v) is 4.52. The molecule has 1 aliphatic heterocycles. The fourth-order valence-corrected chi connectivity index (χ4v) is 2.39. The minimum Gasteiger partial charge on any atom is -0.481 e. The van der Waals surface area contributed by atoms with Crippen LogP contribution in [0.1, 0.15) is 26.2 Å². The summed E-state index contributed by atoms with van der Waals surface area (Å²) in [6.45, 7) is 4.11. The molecule has 2 fully saturated rings. The Labute approximate surface area is 90.2 Å². The lowest BCUT2D eigenvalue weighted by molar-refractivity contribution is -0.143. The molecule has 1 N–H and O–H groups in total. The first-order valence-corrected chi connectivity index (χ1v) is 5.80. The summed E-state index contributed by atoms with van der Waals surface area (Å²) in [6, 6.07) is 0.730. The minimum atomic E-state index is -0.709. The van der Waals surface area contributed by atoms with Crippen LogP contribution in [0.2, 0.25) is 0 Å². The van der Waals surface area contributed by atoms with E-state index in [0.717, 1.165) is 13.0 Å². The SMILES string of the molecule is CCCN(C1CC1)C1COCC1C(=O)O. The van der Waals surface area contributed by atoms with Crippen LogP contribution in [-0.2, 0) is 9.53 Å². The van der Waals surface area contributed by atoms with E-state index in [-0.39, 0.29) is 12.0 Å². The third kappa shape index (κ3) is 2.32. The van der Waals surface area contributed by atoms with Crippen molar-refractivity contribution >= 4 is 5.97 Å². The molecule has 1 saturated heterocycles. The summed E-state index contributed by atoms with van der Waals surface area (Å²) in [6.07, 6.45) is 3.53. The van der Waals surface area contributed by atoms with Crippen molar-refractivity contribution in [2.75, 3.05) is 19.8 Å². The van der Waals surface area contributed by atoms with Gasteiger partial charge in [-0.1, -0.05) is 6.92 Å². The maximum Gasteiger partial charge on any atom is 0.310 e. The lowest BCUT2D eigenvalue weighted by atomic mass is 10.0. The fraction of sp³-hybridized carbons (Fsp3) is 0.909. The van der Waals surface area contributed by atoms with Crippen molar-refractivity contribution in [1.82, 2.24) is 4.90 Å². The van der Waals surface area contributed by atoms with Crippen LogP contribution in [0.4, 0.5) is 0 Å². The van der Waals surface area contributed by atoms with Gasteiger partial charge in [-0.05, 0) is 25.8 Å². The third-order valence-corrected chi connectivity index (χ3v) is 3.29. The number of aliphatic carboxylic acids is 1. The highest BCUT2D eigenvalue weighted by Gasteiger charge is 2.42. The predicted octanol–water partition coefficient (Wildman–Crippen LogP) is 0.960. The van der Waals surface area contributed by atoms with E-state index in [0.29, 0.717) is 19.3 Å². The molecule has 0 aromatic carbocycles. The molecule has 1 saturated carbocycles. The van der Waals surface area contributed by atoms with Crippen LogP contribution in [0.15, 0.2) is 0 Å². The zero-order valence-electron chi connectivity index (χ0n) is 9.19. The molecule has 0 aromatic rings. The quantitative estimate of drug-likeness (QED) is 0.739. The largest absolute Gasteiger partial charge is 0.481 e. The number of carbonyl (C=O) groups is 1. The van der Waals surface area contributed by atoms with Gasteiger partial charge in [0.1, 0.15) is 0 Å². The minimum absolute atomic E-state index is 0.106. The molecule has 0 radical (unpaired) electrons. The van der Waals surface area contributed by atoms with Gasteiger partial charge < -0.3 is 9.84 Å². The molecule has 86 valence electrons. The molecule has 1 aliphatic carbocycles. The van der Waals surface area contributed by atoms with E-state index in [4.69, 9.17) is 9.84 Å². The average molecular weight is 213 g/mol. The van der Waals surface area contributed by atoms with E-state index in [2.05, 4.69) is 11.8 Å². The number of rotatable bonds is 5. The second kappa shape index (κ2) is 4.49. The highest BCUT2D eigenvalue weighted by Crippen LogP contribution is 2.32. The highest BCUT2D eigenvalue weighted by atomic mass is 16.5. The van der Waals surface area contributed by atoms with E-state index in [1.165, 1.54) is 12.8 Å². The molecule has 0 spiro atoms. The van der Waals surface area contributed by atoms with Crippen LogP contribution >= 0.6 is 0 Å². The van der Waals surface area contributed by atoms with Gasteiger partial charge in [0, 0.05) is 12.1 Å².